The Hall–Kier alpha value is -3.67. The molecule has 3 aliphatic rings. The summed E-state index contributed by atoms with van der Waals surface area (Å²) in [6.07, 6.45) is 8.76. The van der Waals surface area contributed by atoms with Gasteiger partial charge < -0.3 is 15.1 Å². The predicted octanol–water partition coefficient (Wildman–Crippen LogP) is 4.94. The lowest BCUT2D eigenvalue weighted by Gasteiger charge is -2.39. The molecule has 2 aliphatic heterocycles. The quantitative estimate of drug-likeness (QED) is 0.558. The van der Waals surface area contributed by atoms with Crippen LogP contribution in [0.3, 0.4) is 0 Å². The van der Waals surface area contributed by atoms with E-state index in [9.17, 15) is 9.59 Å². The van der Waals surface area contributed by atoms with Crippen molar-refractivity contribution in [3.8, 4) is 0 Å². The molecule has 1 unspecified atom stereocenters. The highest BCUT2D eigenvalue weighted by Crippen LogP contribution is 2.42. The highest BCUT2D eigenvalue weighted by molar-refractivity contribution is 5.96. The first-order valence-corrected chi connectivity index (χ1v) is 13.4. The van der Waals surface area contributed by atoms with Gasteiger partial charge in [0.15, 0.2) is 0 Å². The van der Waals surface area contributed by atoms with Crippen molar-refractivity contribution >= 4 is 17.5 Å². The summed E-state index contributed by atoms with van der Waals surface area (Å²) < 4.78 is 0. The molecule has 2 amide bonds. The maximum Gasteiger partial charge on any atom is 0.253 e. The molecule has 0 radical (unpaired) electrons. The first kappa shape index (κ1) is 23.7. The molecule has 0 saturated carbocycles. The number of carbonyl (C=O) groups excluding carboxylic acids is 2. The first-order valence-electron chi connectivity index (χ1n) is 13.4. The van der Waals surface area contributed by atoms with Crippen molar-refractivity contribution in [2.75, 3.05) is 31.1 Å². The van der Waals surface area contributed by atoms with E-state index in [4.69, 9.17) is 0 Å². The fourth-order valence-corrected chi connectivity index (χ4v) is 6.43. The van der Waals surface area contributed by atoms with E-state index in [1.165, 1.54) is 17.7 Å². The largest absolute Gasteiger partial charge is 0.371 e. The van der Waals surface area contributed by atoms with E-state index in [1.807, 2.05) is 60.6 Å². The number of anilines is 1. The summed E-state index contributed by atoms with van der Waals surface area (Å²) in [5.74, 6) is 0.0592. The summed E-state index contributed by atoms with van der Waals surface area (Å²) >= 11 is 0. The Morgan fingerprint density at radius 3 is 2.51 bits per heavy atom. The third-order valence-electron chi connectivity index (χ3n) is 8.74. The zero-order chi connectivity index (χ0) is 25.4. The Kier molecular flexibility index (Phi) is 6.19. The summed E-state index contributed by atoms with van der Waals surface area (Å²) in [7, 11) is 0. The lowest BCUT2D eigenvalue weighted by atomic mass is 9.77. The Labute approximate surface area is 218 Å². The minimum Gasteiger partial charge on any atom is -0.371 e. The summed E-state index contributed by atoms with van der Waals surface area (Å²) in [5.41, 5.74) is 6.26. The normalized spacial score (nSPS) is 20.2. The number of pyridine rings is 1. The van der Waals surface area contributed by atoms with Crippen molar-refractivity contribution in [3.05, 3.63) is 94.8 Å². The number of nitrogens with zero attached hydrogens (tertiary/aromatic N) is 3. The number of carbonyl (C=O) groups is 2. The summed E-state index contributed by atoms with van der Waals surface area (Å²) in [4.78, 5) is 35.1. The molecule has 190 valence electrons. The number of benzene rings is 2. The van der Waals surface area contributed by atoms with Crippen LogP contribution in [0, 0.1) is 12.3 Å². The highest BCUT2D eigenvalue weighted by Gasteiger charge is 2.41. The third-order valence-corrected chi connectivity index (χ3v) is 8.74. The van der Waals surface area contributed by atoms with E-state index in [2.05, 4.69) is 33.4 Å². The lowest BCUT2D eigenvalue weighted by Crippen LogP contribution is -2.44. The number of piperidine rings is 1. The van der Waals surface area contributed by atoms with Gasteiger partial charge in [-0.2, -0.15) is 0 Å². The van der Waals surface area contributed by atoms with Gasteiger partial charge in [-0.1, -0.05) is 24.3 Å². The van der Waals surface area contributed by atoms with E-state index in [-0.39, 0.29) is 17.9 Å². The number of fused-ring (bicyclic) bond motifs is 1. The molecule has 1 spiro atoms. The molecular formula is C31H34N4O2. The van der Waals surface area contributed by atoms with Crippen LogP contribution < -0.4 is 10.2 Å². The van der Waals surface area contributed by atoms with Crippen LogP contribution in [-0.4, -0.2) is 47.9 Å². The van der Waals surface area contributed by atoms with Crippen molar-refractivity contribution in [1.82, 2.24) is 15.2 Å². The van der Waals surface area contributed by atoms with Crippen molar-refractivity contribution in [3.63, 3.8) is 0 Å². The minimum atomic E-state index is -0.0582. The number of hydrogen-bond acceptors (Lipinski definition) is 4. The number of amides is 2. The van der Waals surface area contributed by atoms with Crippen LogP contribution in [0.5, 0.6) is 0 Å². The Bertz CT molecular complexity index is 1310. The van der Waals surface area contributed by atoms with E-state index < -0.39 is 0 Å². The van der Waals surface area contributed by atoms with Crippen LogP contribution in [0.25, 0.3) is 0 Å². The Morgan fingerprint density at radius 1 is 0.973 bits per heavy atom. The van der Waals surface area contributed by atoms with Gasteiger partial charge in [0.1, 0.15) is 0 Å². The standard InChI is InChI=1S/C31H34N4O2/c1-22-4-2-3-5-26(22)29(36)33-28-9-8-23-6-7-24(20-27(23)28)30(37)34-17-12-31(13-18-34)14-19-35(21-31)25-10-15-32-16-11-25/h2-7,10-11,15-16,20,28H,8-9,12-14,17-19,21H2,1H3,(H,33,36). The van der Waals surface area contributed by atoms with Crippen molar-refractivity contribution in [2.24, 2.45) is 5.41 Å². The van der Waals surface area contributed by atoms with E-state index in [1.54, 1.807) is 0 Å². The van der Waals surface area contributed by atoms with Crippen LogP contribution in [0.1, 0.15) is 69.1 Å². The molecule has 2 saturated heterocycles. The molecule has 3 heterocycles. The molecule has 1 aromatic heterocycles. The fraction of sp³-hybridized carbons (Fsp3) is 0.387. The van der Waals surface area contributed by atoms with Gasteiger partial charge >= 0.3 is 0 Å². The average molecular weight is 495 g/mol. The van der Waals surface area contributed by atoms with Gasteiger partial charge in [0.05, 0.1) is 6.04 Å². The molecule has 6 rings (SSSR count). The average Bonchev–Trinajstić information content (AvgIpc) is 3.53. The lowest BCUT2D eigenvalue weighted by molar-refractivity contribution is 0.0610. The van der Waals surface area contributed by atoms with Crippen LogP contribution >= 0.6 is 0 Å². The fourth-order valence-electron chi connectivity index (χ4n) is 6.43. The SMILES string of the molecule is Cc1ccccc1C(=O)NC1CCc2ccc(C(=O)N3CCC4(CC3)CCN(c3ccncc3)C4)cc21. The number of aryl methyl sites for hydroxylation is 2. The number of hydrogen-bond donors (Lipinski definition) is 1. The second kappa shape index (κ2) is 9.66. The van der Waals surface area contributed by atoms with Gasteiger partial charge in [0.25, 0.3) is 11.8 Å². The molecule has 1 aliphatic carbocycles. The highest BCUT2D eigenvalue weighted by atomic mass is 16.2. The van der Waals surface area contributed by atoms with Crippen LogP contribution in [0.2, 0.25) is 0 Å². The van der Waals surface area contributed by atoms with Crippen LogP contribution in [0.15, 0.2) is 67.0 Å². The Morgan fingerprint density at radius 2 is 1.73 bits per heavy atom. The molecule has 2 aromatic carbocycles. The smallest absolute Gasteiger partial charge is 0.253 e. The molecule has 6 heteroatoms. The molecule has 2 fully saturated rings. The zero-order valence-electron chi connectivity index (χ0n) is 21.5. The molecule has 1 N–H and O–H groups in total. The zero-order valence-corrected chi connectivity index (χ0v) is 21.5. The second-order valence-electron chi connectivity index (χ2n) is 11.0. The molecular weight excluding hydrogens is 460 g/mol. The molecule has 0 bridgehead atoms. The summed E-state index contributed by atoms with van der Waals surface area (Å²) in [6, 6.07) is 17.9. The maximum atomic E-state index is 13.5. The molecule has 3 aromatic rings. The number of likely N-dealkylation sites (tertiary alicyclic amines) is 1. The maximum absolute atomic E-state index is 13.5. The summed E-state index contributed by atoms with van der Waals surface area (Å²) in [6.45, 7) is 5.68. The minimum absolute atomic E-state index is 0.0496. The van der Waals surface area contributed by atoms with Gasteiger partial charge in [0.2, 0.25) is 0 Å². The monoisotopic (exact) mass is 494 g/mol. The van der Waals surface area contributed by atoms with Gasteiger partial charge in [-0.05, 0) is 91.5 Å². The first-order chi connectivity index (χ1) is 18.0. The van der Waals surface area contributed by atoms with Gasteiger partial charge in [-0.3, -0.25) is 14.6 Å². The van der Waals surface area contributed by atoms with E-state index in [0.29, 0.717) is 11.0 Å². The van der Waals surface area contributed by atoms with Crippen molar-refractivity contribution in [2.45, 2.75) is 45.1 Å². The van der Waals surface area contributed by atoms with Crippen molar-refractivity contribution < 1.29 is 9.59 Å². The third kappa shape index (κ3) is 4.61. The van der Waals surface area contributed by atoms with Gasteiger partial charge in [-0.25, -0.2) is 0 Å². The van der Waals surface area contributed by atoms with Crippen molar-refractivity contribution in [1.29, 1.82) is 0 Å². The topological polar surface area (TPSA) is 65.5 Å². The number of aromatic nitrogens is 1. The Balaban J connectivity index is 1.11. The number of rotatable bonds is 4. The van der Waals surface area contributed by atoms with Crippen LogP contribution in [-0.2, 0) is 6.42 Å². The van der Waals surface area contributed by atoms with Gasteiger partial charge in [0, 0.05) is 55.4 Å². The molecule has 37 heavy (non-hydrogen) atoms. The van der Waals surface area contributed by atoms with E-state index >= 15 is 0 Å². The summed E-state index contributed by atoms with van der Waals surface area (Å²) in [5, 5.41) is 3.22. The van der Waals surface area contributed by atoms with E-state index in [0.717, 1.165) is 68.6 Å². The molecule has 6 nitrogen and oxygen atoms in total. The molecule has 1 atom stereocenters. The van der Waals surface area contributed by atoms with Gasteiger partial charge in [-0.15, -0.1) is 0 Å². The number of nitrogens with one attached hydrogen (secondary N) is 1. The van der Waals surface area contributed by atoms with Crippen LogP contribution in [0.4, 0.5) is 5.69 Å². The second-order valence-corrected chi connectivity index (χ2v) is 11.0. The predicted molar refractivity (Wildman–Crippen MR) is 145 cm³/mol.